The molecule has 1 aromatic rings. The van der Waals surface area contributed by atoms with Gasteiger partial charge in [0.2, 0.25) is 0 Å². The summed E-state index contributed by atoms with van der Waals surface area (Å²) < 4.78 is 18.6. The minimum atomic E-state index is -0.407. The number of hydrogen-bond acceptors (Lipinski definition) is 2. The highest BCUT2D eigenvalue weighted by molar-refractivity contribution is 5.28. The highest BCUT2D eigenvalue weighted by Gasteiger charge is 2.08. The van der Waals surface area contributed by atoms with Gasteiger partial charge in [-0.15, -0.1) is 0 Å². The van der Waals surface area contributed by atoms with Crippen LogP contribution in [0, 0.1) is 12.7 Å². The Hall–Kier alpha value is -1.09. The van der Waals surface area contributed by atoms with Crippen molar-refractivity contribution >= 4 is 0 Å². The molecule has 2 unspecified atom stereocenters. The molecule has 0 aliphatic heterocycles. The van der Waals surface area contributed by atoms with Gasteiger partial charge >= 0.3 is 0 Å². The number of benzene rings is 1. The molecule has 0 spiro atoms. The zero-order valence-corrected chi connectivity index (χ0v) is 9.33. The summed E-state index contributed by atoms with van der Waals surface area (Å²) in [6.45, 7) is 5.26. The summed E-state index contributed by atoms with van der Waals surface area (Å²) >= 11 is 0. The Balaban J connectivity index is 2.60. The first-order valence-electron chi connectivity index (χ1n) is 5.10. The molecule has 0 saturated heterocycles. The Labute approximate surface area is 89.7 Å². The standard InChI is InChI=1S/C12H17FO2/c1-8-4-5-11(7-12(8)13)15-10(3)6-9(2)14/h4-5,7,9-10,14H,6H2,1-3H3. The molecule has 0 radical (unpaired) electrons. The van der Waals surface area contributed by atoms with E-state index in [9.17, 15) is 4.39 Å². The second kappa shape index (κ2) is 5.12. The van der Waals surface area contributed by atoms with E-state index in [-0.39, 0.29) is 11.9 Å². The Kier molecular flexibility index (Phi) is 4.09. The van der Waals surface area contributed by atoms with Gasteiger partial charge in [0, 0.05) is 12.5 Å². The molecular formula is C12H17FO2. The number of aryl methyl sites for hydroxylation is 1. The molecule has 15 heavy (non-hydrogen) atoms. The lowest BCUT2D eigenvalue weighted by Crippen LogP contribution is -2.18. The van der Waals surface area contributed by atoms with Gasteiger partial charge in [-0.25, -0.2) is 4.39 Å². The van der Waals surface area contributed by atoms with E-state index in [0.29, 0.717) is 17.7 Å². The summed E-state index contributed by atoms with van der Waals surface area (Å²) in [4.78, 5) is 0. The third kappa shape index (κ3) is 3.88. The third-order valence-corrected chi connectivity index (χ3v) is 2.15. The second-order valence-electron chi connectivity index (χ2n) is 3.92. The van der Waals surface area contributed by atoms with E-state index in [1.165, 1.54) is 6.07 Å². The normalized spacial score (nSPS) is 14.7. The topological polar surface area (TPSA) is 29.5 Å². The molecule has 1 aromatic carbocycles. The Bertz CT molecular complexity index is 323. The van der Waals surface area contributed by atoms with Gasteiger partial charge in [0.25, 0.3) is 0 Å². The van der Waals surface area contributed by atoms with Crippen LogP contribution in [0.2, 0.25) is 0 Å². The SMILES string of the molecule is Cc1ccc(OC(C)CC(C)O)cc1F. The number of hydrogen-bond donors (Lipinski definition) is 1. The first-order valence-corrected chi connectivity index (χ1v) is 5.10. The summed E-state index contributed by atoms with van der Waals surface area (Å²) in [6.07, 6.45) is 0.0116. The maximum Gasteiger partial charge on any atom is 0.129 e. The fourth-order valence-electron chi connectivity index (χ4n) is 1.41. The Morgan fingerprint density at radius 1 is 1.40 bits per heavy atom. The van der Waals surface area contributed by atoms with Crippen molar-refractivity contribution in [3.05, 3.63) is 29.6 Å². The van der Waals surface area contributed by atoms with Gasteiger partial charge < -0.3 is 9.84 Å². The summed E-state index contributed by atoms with van der Waals surface area (Å²) in [7, 11) is 0. The van der Waals surface area contributed by atoms with E-state index in [1.54, 1.807) is 26.0 Å². The van der Waals surface area contributed by atoms with Crippen LogP contribution in [0.25, 0.3) is 0 Å². The van der Waals surface area contributed by atoms with E-state index in [0.717, 1.165) is 0 Å². The fraction of sp³-hybridized carbons (Fsp3) is 0.500. The molecule has 2 nitrogen and oxygen atoms in total. The smallest absolute Gasteiger partial charge is 0.129 e. The molecule has 0 fully saturated rings. The van der Waals surface area contributed by atoms with Crippen molar-refractivity contribution < 1.29 is 14.2 Å². The summed E-state index contributed by atoms with van der Waals surface area (Å²) in [6, 6.07) is 4.78. The van der Waals surface area contributed by atoms with Crippen LogP contribution in [0.15, 0.2) is 18.2 Å². The van der Waals surface area contributed by atoms with Gasteiger partial charge in [0.05, 0.1) is 12.2 Å². The molecule has 0 aliphatic carbocycles. The van der Waals surface area contributed by atoms with Crippen molar-refractivity contribution in [2.24, 2.45) is 0 Å². The number of aliphatic hydroxyl groups excluding tert-OH is 1. The zero-order valence-electron chi connectivity index (χ0n) is 9.33. The van der Waals surface area contributed by atoms with Crippen LogP contribution in [-0.4, -0.2) is 17.3 Å². The van der Waals surface area contributed by atoms with Crippen molar-refractivity contribution in [1.29, 1.82) is 0 Å². The minimum Gasteiger partial charge on any atom is -0.491 e. The van der Waals surface area contributed by atoms with E-state index in [4.69, 9.17) is 9.84 Å². The quantitative estimate of drug-likeness (QED) is 0.831. The number of rotatable bonds is 4. The molecule has 0 amide bonds. The molecule has 3 heteroatoms. The summed E-state index contributed by atoms with van der Waals surface area (Å²) in [5, 5.41) is 9.15. The molecule has 0 aromatic heterocycles. The van der Waals surface area contributed by atoms with Crippen molar-refractivity contribution in [3.8, 4) is 5.75 Å². The largest absolute Gasteiger partial charge is 0.491 e. The zero-order chi connectivity index (χ0) is 11.4. The summed E-state index contributed by atoms with van der Waals surface area (Å²) in [5.41, 5.74) is 0.602. The molecule has 1 N–H and O–H groups in total. The Morgan fingerprint density at radius 2 is 2.07 bits per heavy atom. The molecule has 0 saturated carbocycles. The van der Waals surface area contributed by atoms with Crippen LogP contribution in [0.3, 0.4) is 0 Å². The van der Waals surface area contributed by atoms with Crippen LogP contribution in [0.4, 0.5) is 4.39 Å². The molecule has 84 valence electrons. The van der Waals surface area contributed by atoms with Gasteiger partial charge in [-0.3, -0.25) is 0 Å². The van der Waals surface area contributed by atoms with Crippen LogP contribution >= 0.6 is 0 Å². The summed E-state index contributed by atoms with van der Waals surface area (Å²) in [5.74, 6) is 0.239. The van der Waals surface area contributed by atoms with Gasteiger partial charge in [0.1, 0.15) is 11.6 Å². The third-order valence-electron chi connectivity index (χ3n) is 2.15. The predicted molar refractivity (Wildman–Crippen MR) is 57.5 cm³/mol. The predicted octanol–water partition coefficient (Wildman–Crippen LogP) is 2.67. The van der Waals surface area contributed by atoms with Crippen LogP contribution in [0.1, 0.15) is 25.8 Å². The molecule has 0 heterocycles. The first-order chi connectivity index (χ1) is 6.99. The van der Waals surface area contributed by atoms with Gasteiger partial charge in [-0.05, 0) is 32.4 Å². The molecule has 1 rings (SSSR count). The molecule has 0 bridgehead atoms. The maximum atomic E-state index is 13.2. The van der Waals surface area contributed by atoms with Crippen LogP contribution in [-0.2, 0) is 0 Å². The molecule has 2 atom stereocenters. The van der Waals surface area contributed by atoms with E-state index < -0.39 is 6.10 Å². The van der Waals surface area contributed by atoms with Gasteiger partial charge in [-0.2, -0.15) is 0 Å². The highest BCUT2D eigenvalue weighted by Crippen LogP contribution is 2.18. The van der Waals surface area contributed by atoms with Gasteiger partial charge in [0.15, 0.2) is 0 Å². The molecular weight excluding hydrogens is 195 g/mol. The highest BCUT2D eigenvalue weighted by atomic mass is 19.1. The number of ether oxygens (including phenoxy) is 1. The van der Waals surface area contributed by atoms with Crippen LogP contribution in [0.5, 0.6) is 5.75 Å². The monoisotopic (exact) mass is 212 g/mol. The lowest BCUT2D eigenvalue weighted by atomic mass is 10.2. The second-order valence-corrected chi connectivity index (χ2v) is 3.92. The van der Waals surface area contributed by atoms with E-state index >= 15 is 0 Å². The maximum absolute atomic E-state index is 13.2. The average molecular weight is 212 g/mol. The minimum absolute atomic E-state index is 0.118. The lowest BCUT2D eigenvalue weighted by molar-refractivity contribution is 0.115. The number of aliphatic hydroxyl groups is 1. The van der Waals surface area contributed by atoms with Crippen molar-refractivity contribution in [1.82, 2.24) is 0 Å². The van der Waals surface area contributed by atoms with E-state index in [1.807, 2.05) is 6.92 Å². The van der Waals surface area contributed by atoms with E-state index in [2.05, 4.69) is 0 Å². The van der Waals surface area contributed by atoms with Crippen molar-refractivity contribution in [3.63, 3.8) is 0 Å². The number of halogens is 1. The fourth-order valence-corrected chi connectivity index (χ4v) is 1.41. The lowest BCUT2D eigenvalue weighted by Gasteiger charge is -2.16. The van der Waals surface area contributed by atoms with Gasteiger partial charge in [-0.1, -0.05) is 6.07 Å². The van der Waals surface area contributed by atoms with Crippen molar-refractivity contribution in [2.75, 3.05) is 0 Å². The average Bonchev–Trinajstić information content (AvgIpc) is 2.10. The van der Waals surface area contributed by atoms with Crippen LogP contribution < -0.4 is 4.74 Å². The van der Waals surface area contributed by atoms with Crippen molar-refractivity contribution in [2.45, 2.75) is 39.4 Å². The molecule has 0 aliphatic rings. The Morgan fingerprint density at radius 3 is 2.60 bits per heavy atom. The first kappa shape index (κ1) is 12.0.